The Balaban J connectivity index is 2.74. The molecule has 0 aliphatic rings. The lowest BCUT2D eigenvalue weighted by Crippen LogP contribution is -1.98. The molecule has 0 fully saturated rings. The maximum absolute atomic E-state index is 5.00. The lowest BCUT2D eigenvalue weighted by molar-refractivity contribution is 0.124. The van der Waals surface area contributed by atoms with E-state index in [0.29, 0.717) is 6.61 Å². The van der Waals surface area contributed by atoms with E-state index in [0.717, 1.165) is 11.3 Å². The molecular weight excluding hydrogens is 142 g/mol. The summed E-state index contributed by atoms with van der Waals surface area (Å²) in [5.41, 5.74) is 1.01. The van der Waals surface area contributed by atoms with Crippen LogP contribution >= 0.6 is 0 Å². The second-order valence-corrected chi connectivity index (χ2v) is 2.16. The average Bonchev–Trinajstić information content (AvgIpc) is 2.06. The van der Waals surface area contributed by atoms with Crippen LogP contribution in [0.15, 0.2) is 24.3 Å². The topological polar surface area (TPSA) is 44.5 Å². The maximum Gasteiger partial charge on any atom is 0.119 e. The van der Waals surface area contributed by atoms with Gasteiger partial charge in [-0.05, 0) is 17.7 Å². The summed E-state index contributed by atoms with van der Waals surface area (Å²) in [7, 11) is 1.63. The van der Waals surface area contributed by atoms with Gasteiger partial charge in [-0.25, -0.2) is 5.90 Å². The number of benzene rings is 1. The first-order valence-electron chi connectivity index (χ1n) is 3.31. The van der Waals surface area contributed by atoms with Crippen molar-refractivity contribution in [2.75, 3.05) is 7.11 Å². The van der Waals surface area contributed by atoms with Crippen molar-refractivity contribution < 1.29 is 9.57 Å². The minimum Gasteiger partial charge on any atom is -0.497 e. The van der Waals surface area contributed by atoms with Gasteiger partial charge in [-0.15, -0.1) is 0 Å². The van der Waals surface area contributed by atoms with E-state index in [1.165, 1.54) is 0 Å². The number of nitrogens with two attached hydrogens (primary N) is 1. The minimum atomic E-state index is 0.414. The van der Waals surface area contributed by atoms with E-state index in [1.54, 1.807) is 7.11 Å². The summed E-state index contributed by atoms with van der Waals surface area (Å²) in [6.07, 6.45) is 0. The highest BCUT2D eigenvalue weighted by Crippen LogP contribution is 2.12. The molecular formula is C8H11NO2. The Hall–Kier alpha value is -1.06. The Bertz CT molecular complexity index is 225. The van der Waals surface area contributed by atoms with Gasteiger partial charge in [0.05, 0.1) is 13.7 Å². The molecule has 0 aliphatic carbocycles. The normalized spacial score (nSPS) is 9.64. The van der Waals surface area contributed by atoms with Crippen LogP contribution in [0, 0.1) is 0 Å². The van der Waals surface area contributed by atoms with E-state index in [1.807, 2.05) is 24.3 Å². The fraction of sp³-hybridized carbons (Fsp3) is 0.250. The molecule has 0 heterocycles. The molecule has 0 atom stereocenters. The van der Waals surface area contributed by atoms with Crippen molar-refractivity contribution in [3.63, 3.8) is 0 Å². The molecule has 1 aromatic carbocycles. The van der Waals surface area contributed by atoms with E-state index in [-0.39, 0.29) is 0 Å². The van der Waals surface area contributed by atoms with Gasteiger partial charge in [0.15, 0.2) is 0 Å². The smallest absolute Gasteiger partial charge is 0.119 e. The van der Waals surface area contributed by atoms with E-state index >= 15 is 0 Å². The van der Waals surface area contributed by atoms with Crippen molar-refractivity contribution in [2.45, 2.75) is 6.61 Å². The first-order valence-corrected chi connectivity index (χ1v) is 3.31. The molecule has 3 nitrogen and oxygen atoms in total. The molecule has 0 radical (unpaired) electrons. The molecule has 0 aromatic heterocycles. The van der Waals surface area contributed by atoms with Gasteiger partial charge in [0, 0.05) is 0 Å². The van der Waals surface area contributed by atoms with Crippen LogP contribution in [0.5, 0.6) is 5.75 Å². The number of hydrogen-bond acceptors (Lipinski definition) is 3. The molecule has 0 bridgehead atoms. The molecule has 11 heavy (non-hydrogen) atoms. The van der Waals surface area contributed by atoms with Gasteiger partial charge in [-0.2, -0.15) is 0 Å². The van der Waals surface area contributed by atoms with Crippen molar-refractivity contribution in [3.8, 4) is 5.75 Å². The molecule has 0 amide bonds. The van der Waals surface area contributed by atoms with E-state index in [2.05, 4.69) is 4.84 Å². The van der Waals surface area contributed by atoms with E-state index in [4.69, 9.17) is 10.6 Å². The predicted octanol–water partition coefficient (Wildman–Crippen LogP) is 1.09. The van der Waals surface area contributed by atoms with Crippen LogP contribution in [0.25, 0.3) is 0 Å². The van der Waals surface area contributed by atoms with Crippen molar-refractivity contribution in [3.05, 3.63) is 29.8 Å². The van der Waals surface area contributed by atoms with E-state index < -0.39 is 0 Å². The second kappa shape index (κ2) is 3.95. The molecule has 3 heteroatoms. The van der Waals surface area contributed by atoms with Gasteiger partial charge < -0.3 is 4.74 Å². The minimum absolute atomic E-state index is 0.414. The highest BCUT2D eigenvalue weighted by Gasteiger charge is 1.93. The van der Waals surface area contributed by atoms with Crippen LogP contribution in [-0.4, -0.2) is 7.11 Å². The summed E-state index contributed by atoms with van der Waals surface area (Å²) in [5, 5.41) is 0. The Morgan fingerprint density at radius 1 is 1.45 bits per heavy atom. The van der Waals surface area contributed by atoms with Crippen LogP contribution in [0.1, 0.15) is 5.56 Å². The van der Waals surface area contributed by atoms with Crippen LogP contribution in [-0.2, 0) is 11.4 Å². The monoisotopic (exact) mass is 153 g/mol. The van der Waals surface area contributed by atoms with Crippen LogP contribution in [0.2, 0.25) is 0 Å². The lowest BCUT2D eigenvalue weighted by Gasteiger charge is -2.01. The summed E-state index contributed by atoms with van der Waals surface area (Å²) >= 11 is 0. The molecule has 1 rings (SSSR count). The van der Waals surface area contributed by atoms with Gasteiger partial charge in [0.25, 0.3) is 0 Å². The highest BCUT2D eigenvalue weighted by molar-refractivity contribution is 5.27. The van der Waals surface area contributed by atoms with Gasteiger partial charge in [0.2, 0.25) is 0 Å². The number of ether oxygens (including phenoxy) is 1. The zero-order valence-corrected chi connectivity index (χ0v) is 6.41. The zero-order chi connectivity index (χ0) is 8.10. The summed E-state index contributed by atoms with van der Waals surface area (Å²) in [4.78, 5) is 4.47. The molecule has 60 valence electrons. The standard InChI is InChI=1S/C8H11NO2/c1-10-8-4-2-3-7(5-8)6-11-9/h2-5H,6,9H2,1H3. The fourth-order valence-electron chi connectivity index (χ4n) is 0.858. The number of hydrogen-bond donors (Lipinski definition) is 1. The van der Waals surface area contributed by atoms with Crippen molar-refractivity contribution in [1.82, 2.24) is 0 Å². The largest absolute Gasteiger partial charge is 0.497 e. The van der Waals surface area contributed by atoms with Crippen molar-refractivity contribution >= 4 is 0 Å². The molecule has 1 aromatic rings. The van der Waals surface area contributed by atoms with Crippen LogP contribution in [0.4, 0.5) is 0 Å². The first kappa shape index (κ1) is 8.04. The summed E-state index contributed by atoms with van der Waals surface area (Å²) in [6.45, 7) is 0.414. The Kier molecular flexibility index (Phi) is 2.89. The van der Waals surface area contributed by atoms with Crippen molar-refractivity contribution in [1.29, 1.82) is 0 Å². The molecule has 0 saturated heterocycles. The zero-order valence-electron chi connectivity index (χ0n) is 6.41. The molecule has 0 spiro atoms. The Labute approximate surface area is 65.7 Å². The summed E-state index contributed by atoms with van der Waals surface area (Å²) < 4.78 is 5.00. The number of methoxy groups -OCH3 is 1. The SMILES string of the molecule is COc1cccc(CON)c1. The Morgan fingerprint density at radius 3 is 2.91 bits per heavy atom. The third-order valence-electron chi connectivity index (χ3n) is 1.38. The van der Waals surface area contributed by atoms with Gasteiger partial charge in [0.1, 0.15) is 5.75 Å². The lowest BCUT2D eigenvalue weighted by atomic mass is 10.2. The predicted molar refractivity (Wildman–Crippen MR) is 42.0 cm³/mol. The summed E-state index contributed by atoms with van der Waals surface area (Å²) in [6, 6.07) is 7.58. The highest BCUT2D eigenvalue weighted by atomic mass is 16.6. The fourth-order valence-corrected chi connectivity index (χ4v) is 0.858. The van der Waals surface area contributed by atoms with Crippen LogP contribution in [0.3, 0.4) is 0 Å². The van der Waals surface area contributed by atoms with Gasteiger partial charge in [-0.1, -0.05) is 12.1 Å². The second-order valence-electron chi connectivity index (χ2n) is 2.16. The number of rotatable bonds is 3. The molecule has 0 aliphatic heterocycles. The van der Waals surface area contributed by atoms with Crippen LogP contribution < -0.4 is 10.6 Å². The van der Waals surface area contributed by atoms with Gasteiger partial charge >= 0.3 is 0 Å². The van der Waals surface area contributed by atoms with E-state index in [9.17, 15) is 0 Å². The molecule has 2 N–H and O–H groups in total. The third-order valence-corrected chi connectivity index (χ3v) is 1.38. The third kappa shape index (κ3) is 2.22. The summed E-state index contributed by atoms with van der Waals surface area (Å²) in [5.74, 6) is 5.73. The average molecular weight is 153 g/mol. The first-order chi connectivity index (χ1) is 5.36. The van der Waals surface area contributed by atoms with Crippen molar-refractivity contribution in [2.24, 2.45) is 5.90 Å². The maximum atomic E-state index is 5.00. The molecule has 0 unspecified atom stereocenters. The van der Waals surface area contributed by atoms with Gasteiger partial charge in [-0.3, -0.25) is 4.84 Å². The quantitative estimate of drug-likeness (QED) is 0.661. The Morgan fingerprint density at radius 2 is 2.27 bits per heavy atom. The molecule has 0 saturated carbocycles.